The van der Waals surface area contributed by atoms with Crippen LogP contribution in [0.15, 0.2) is 18.2 Å². The first kappa shape index (κ1) is 14.7. The molecular formula is C10H9F3N2O4. The quantitative estimate of drug-likeness (QED) is 0.677. The first-order chi connectivity index (χ1) is 8.69. The summed E-state index contributed by atoms with van der Waals surface area (Å²) in [6, 6.07) is 3.02. The molecule has 0 saturated heterocycles. The number of anilines is 1. The summed E-state index contributed by atoms with van der Waals surface area (Å²) in [5.41, 5.74) is -0.660. The van der Waals surface area contributed by atoms with Crippen molar-refractivity contribution in [1.29, 1.82) is 0 Å². The van der Waals surface area contributed by atoms with Crippen molar-refractivity contribution in [3.63, 3.8) is 0 Å². The highest BCUT2D eigenvalue weighted by Crippen LogP contribution is 2.29. The van der Waals surface area contributed by atoms with Gasteiger partial charge in [0.25, 0.3) is 5.69 Å². The van der Waals surface area contributed by atoms with Crippen LogP contribution in [-0.4, -0.2) is 23.6 Å². The monoisotopic (exact) mass is 278 g/mol. The summed E-state index contributed by atoms with van der Waals surface area (Å²) in [7, 11) is 0. The number of rotatable bonds is 4. The van der Waals surface area contributed by atoms with Gasteiger partial charge in [0.1, 0.15) is 11.4 Å². The molecule has 0 fully saturated rings. The fourth-order valence-corrected chi connectivity index (χ4v) is 1.21. The zero-order chi connectivity index (χ0) is 14.6. The number of alkyl halides is 3. The molecule has 0 aromatic heterocycles. The zero-order valence-corrected chi connectivity index (χ0v) is 9.65. The third kappa shape index (κ3) is 4.82. The van der Waals surface area contributed by atoms with E-state index in [0.29, 0.717) is 0 Å². The number of halogens is 3. The molecule has 1 aromatic rings. The Hall–Kier alpha value is -2.32. The number of amides is 1. The van der Waals surface area contributed by atoms with Crippen LogP contribution >= 0.6 is 0 Å². The van der Waals surface area contributed by atoms with Crippen molar-refractivity contribution in [2.45, 2.75) is 13.1 Å². The van der Waals surface area contributed by atoms with Gasteiger partial charge in [0.15, 0.2) is 6.61 Å². The minimum atomic E-state index is -4.54. The Kier molecular flexibility index (Phi) is 4.30. The highest BCUT2D eigenvalue weighted by atomic mass is 19.4. The smallest absolute Gasteiger partial charge is 0.422 e. The number of hydrogen-bond acceptors (Lipinski definition) is 4. The Morgan fingerprint density at radius 2 is 2.11 bits per heavy atom. The molecule has 0 saturated carbocycles. The summed E-state index contributed by atoms with van der Waals surface area (Å²) in [6.45, 7) is -0.401. The van der Waals surface area contributed by atoms with E-state index >= 15 is 0 Å². The van der Waals surface area contributed by atoms with Crippen LogP contribution in [0.5, 0.6) is 5.75 Å². The second kappa shape index (κ2) is 5.55. The number of ether oxygens (including phenoxy) is 1. The molecular weight excluding hydrogens is 269 g/mol. The number of benzene rings is 1. The highest BCUT2D eigenvalue weighted by molar-refractivity contribution is 5.91. The van der Waals surface area contributed by atoms with Gasteiger partial charge in [-0.05, 0) is 12.1 Å². The van der Waals surface area contributed by atoms with Crippen molar-refractivity contribution in [2.75, 3.05) is 11.9 Å². The zero-order valence-electron chi connectivity index (χ0n) is 9.65. The standard InChI is InChI=1S/C10H9F3N2O4/c1-6(16)14-8-3-2-7(4-9(8)15(17)18)19-5-10(11,12)13/h2-4H,5H2,1H3,(H,14,16). The van der Waals surface area contributed by atoms with Gasteiger partial charge in [0.2, 0.25) is 5.91 Å². The number of nitro groups is 1. The number of nitro benzene ring substituents is 1. The van der Waals surface area contributed by atoms with E-state index in [4.69, 9.17) is 0 Å². The third-order valence-corrected chi connectivity index (χ3v) is 1.88. The van der Waals surface area contributed by atoms with Gasteiger partial charge in [-0.3, -0.25) is 14.9 Å². The van der Waals surface area contributed by atoms with E-state index in [1.165, 1.54) is 0 Å². The molecule has 104 valence electrons. The van der Waals surface area contributed by atoms with Crippen molar-refractivity contribution < 1.29 is 27.6 Å². The number of hydrogen-bond donors (Lipinski definition) is 1. The molecule has 19 heavy (non-hydrogen) atoms. The molecule has 0 aliphatic rings. The third-order valence-electron chi connectivity index (χ3n) is 1.88. The normalized spacial score (nSPS) is 10.9. The molecule has 1 aromatic carbocycles. The lowest BCUT2D eigenvalue weighted by Crippen LogP contribution is -2.19. The maximum Gasteiger partial charge on any atom is 0.422 e. The highest BCUT2D eigenvalue weighted by Gasteiger charge is 2.29. The van der Waals surface area contributed by atoms with Crippen molar-refractivity contribution in [3.8, 4) is 5.75 Å². The molecule has 1 rings (SSSR count). The topological polar surface area (TPSA) is 81.5 Å². The predicted molar refractivity (Wildman–Crippen MR) is 59.0 cm³/mol. The van der Waals surface area contributed by atoms with Crippen molar-refractivity contribution >= 4 is 17.3 Å². The van der Waals surface area contributed by atoms with E-state index in [-0.39, 0.29) is 11.4 Å². The van der Waals surface area contributed by atoms with Crippen LogP contribution < -0.4 is 10.1 Å². The van der Waals surface area contributed by atoms with Gasteiger partial charge < -0.3 is 10.1 Å². The maximum atomic E-state index is 11.9. The van der Waals surface area contributed by atoms with Gasteiger partial charge in [-0.15, -0.1) is 0 Å². The van der Waals surface area contributed by atoms with Gasteiger partial charge in [-0.2, -0.15) is 13.2 Å². The Morgan fingerprint density at radius 1 is 1.47 bits per heavy atom. The SMILES string of the molecule is CC(=O)Nc1ccc(OCC(F)(F)F)cc1[N+](=O)[O-]. The summed E-state index contributed by atoms with van der Waals surface area (Å²) < 4.78 is 40.2. The Bertz CT molecular complexity index is 502. The predicted octanol–water partition coefficient (Wildman–Crippen LogP) is 2.49. The average molecular weight is 278 g/mol. The van der Waals surface area contributed by atoms with Crippen LogP contribution in [0.25, 0.3) is 0 Å². The lowest BCUT2D eigenvalue weighted by molar-refractivity contribution is -0.384. The Labute approximate surface area is 105 Å². The van der Waals surface area contributed by atoms with E-state index in [2.05, 4.69) is 10.1 Å². The molecule has 0 atom stereocenters. The largest absolute Gasteiger partial charge is 0.484 e. The van der Waals surface area contributed by atoms with Crippen LogP contribution in [-0.2, 0) is 4.79 Å². The minimum Gasteiger partial charge on any atom is -0.484 e. The van der Waals surface area contributed by atoms with Crippen LogP contribution in [0.1, 0.15) is 6.92 Å². The Morgan fingerprint density at radius 3 is 2.58 bits per heavy atom. The van der Waals surface area contributed by atoms with E-state index in [1.54, 1.807) is 0 Å². The summed E-state index contributed by atoms with van der Waals surface area (Å²) in [6.07, 6.45) is -4.54. The van der Waals surface area contributed by atoms with Crippen LogP contribution in [0.2, 0.25) is 0 Å². The summed E-state index contributed by atoms with van der Waals surface area (Å²) in [4.78, 5) is 20.7. The lowest BCUT2D eigenvalue weighted by atomic mass is 10.2. The van der Waals surface area contributed by atoms with E-state index in [1.807, 2.05) is 0 Å². The van der Waals surface area contributed by atoms with E-state index in [9.17, 15) is 28.1 Å². The number of carbonyl (C=O) groups is 1. The molecule has 0 aliphatic carbocycles. The molecule has 0 unspecified atom stereocenters. The summed E-state index contributed by atoms with van der Waals surface area (Å²) >= 11 is 0. The number of carbonyl (C=O) groups excluding carboxylic acids is 1. The minimum absolute atomic E-state index is 0.114. The molecule has 1 N–H and O–H groups in total. The van der Waals surface area contributed by atoms with Gasteiger partial charge in [0, 0.05) is 6.92 Å². The summed E-state index contributed by atoms with van der Waals surface area (Å²) in [5, 5.41) is 12.9. The number of nitrogens with one attached hydrogen (secondary N) is 1. The fraction of sp³-hybridized carbons (Fsp3) is 0.300. The van der Waals surface area contributed by atoms with E-state index in [0.717, 1.165) is 25.1 Å². The first-order valence-electron chi connectivity index (χ1n) is 4.94. The van der Waals surface area contributed by atoms with Gasteiger partial charge >= 0.3 is 6.18 Å². The second-order valence-corrected chi connectivity index (χ2v) is 3.52. The first-order valence-corrected chi connectivity index (χ1v) is 4.94. The maximum absolute atomic E-state index is 11.9. The lowest BCUT2D eigenvalue weighted by Gasteiger charge is -2.10. The van der Waals surface area contributed by atoms with Gasteiger partial charge in [0.05, 0.1) is 11.0 Å². The van der Waals surface area contributed by atoms with Crippen LogP contribution in [0.3, 0.4) is 0 Å². The summed E-state index contributed by atoms with van der Waals surface area (Å²) in [5.74, 6) is -0.842. The Balaban J connectivity index is 2.96. The molecule has 6 nitrogen and oxygen atoms in total. The molecule has 9 heteroatoms. The molecule has 1 amide bonds. The van der Waals surface area contributed by atoms with Crippen molar-refractivity contribution in [2.24, 2.45) is 0 Å². The molecule has 0 spiro atoms. The van der Waals surface area contributed by atoms with Crippen LogP contribution in [0, 0.1) is 10.1 Å². The van der Waals surface area contributed by atoms with Gasteiger partial charge in [-0.1, -0.05) is 0 Å². The van der Waals surface area contributed by atoms with Crippen molar-refractivity contribution in [3.05, 3.63) is 28.3 Å². The van der Waals surface area contributed by atoms with Crippen molar-refractivity contribution in [1.82, 2.24) is 0 Å². The molecule has 0 bridgehead atoms. The molecule has 0 aliphatic heterocycles. The fourth-order valence-electron chi connectivity index (χ4n) is 1.21. The van der Waals surface area contributed by atoms with Crippen LogP contribution in [0.4, 0.5) is 24.5 Å². The van der Waals surface area contributed by atoms with E-state index < -0.39 is 29.3 Å². The number of nitrogens with zero attached hydrogens (tertiary/aromatic N) is 1. The van der Waals surface area contributed by atoms with Gasteiger partial charge in [-0.25, -0.2) is 0 Å². The molecule has 0 heterocycles. The second-order valence-electron chi connectivity index (χ2n) is 3.52. The molecule has 0 radical (unpaired) electrons. The average Bonchev–Trinajstić information content (AvgIpc) is 2.25.